The number of rotatable bonds is 8. The van der Waals surface area contributed by atoms with Crippen LogP contribution in [0.3, 0.4) is 0 Å². The lowest BCUT2D eigenvalue weighted by atomic mass is 10.7. The van der Waals surface area contributed by atoms with Gasteiger partial charge >= 0.3 is 0 Å². The smallest absolute Gasteiger partial charge is 0.176 e. The van der Waals surface area contributed by atoms with Crippen molar-refractivity contribution in [1.29, 1.82) is 0 Å². The maximum atomic E-state index is 9.82. The first kappa shape index (κ1) is 10.9. The molecule has 0 aromatic carbocycles. The summed E-state index contributed by atoms with van der Waals surface area (Å²) in [7, 11) is 0. The van der Waals surface area contributed by atoms with Crippen molar-refractivity contribution in [1.82, 2.24) is 0 Å². The summed E-state index contributed by atoms with van der Waals surface area (Å²) in [6, 6.07) is 0. The van der Waals surface area contributed by atoms with Crippen LogP contribution < -0.4 is 0 Å². The maximum Gasteiger partial charge on any atom is 0.176 e. The van der Waals surface area contributed by atoms with Crippen LogP contribution in [0.25, 0.3) is 0 Å². The van der Waals surface area contributed by atoms with Crippen molar-refractivity contribution in [2.45, 2.75) is 6.92 Å². The van der Waals surface area contributed by atoms with E-state index in [1.165, 1.54) is 11.8 Å². The Labute approximate surface area is 71.4 Å². The van der Waals surface area contributed by atoms with E-state index in [4.69, 9.17) is 9.47 Å². The van der Waals surface area contributed by atoms with Gasteiger partial charge in [0.2, 0.25) is 0 Å². The molecule has 0 bridgehead atoms. The highest BCUT2D eigenvalue weighted by Gasteiger charge is 1.88. The Morgan fingerprint density at radius 3 is 2.64 bits per heavy atom. The number of thioether (sulfide) groups is 1. The number of hydrogen-bond donors (Lipinski definition) is 0. The molecule has 0 aromatic rings. The van der Waals surface area contributed by atoms with Crippen LogP contribution in [0.2, 0.25) is 0 Å². The third-order valence-corrected chi connectivity index (χ3v) is 1.53. The Bertz CT molecular complexity index is 87.8. The Morgan fingerprint density at radius 1 is 1.27 bits per heavy atom. The molecule has 0 amide bonds. The molecule has 0 saturated heterocycles. The molecule has 3 nitrogen and oxygen atoms in total. The molecule has 0 fully saturated rings. The summed E-state index contributed by atoms with van der Waals surface area (Å²) in [5.41, 5.74) is 0.825. The molecule has 0 unspecified atom stereocenters. The van der Waals surface area contributed by atoms with Gasteiger partial charge in [0.1, 0.15) is 0 Å². The van der Waals surface area contributed by atoms with E-state index in [2.05, 4.69) is 0 Å². The third kappa shape index (κ3) is 9.94. The first-order chi connectivity index (χ1) is 5.41. The van der Waals surface area contributed by atoms with Gasteiger partial charge in [-0.1, -0.05) is 11.8 Å². The van der Waals surface area contributed by atoms with Gasteiger partial charge in [-0.25, -0.2) is 0 Å². The van der Waals surface area contributed by atoms with Crippen LogP contribution in [0.1, 0.15) is 6.92 Å². The van der Waals surface area contributed by atoms with Crippen LogP contribution in [0, 0.1) is 0 Å². The molecule has 0 atom stereocenters. The van der Waals surface area contributed by atoms with Gasteiger partial charge in [-0.05, 0) is 6.92 Å². The molecule has 0 spiro atoms. The quantitative estimate of drug-likeness (QED) is 0.410. The lowest BCUT2D eigenvalue weighted by Gasteiger charge is -2.01. The molecule has 66 valence electrons. The summed E-state index contributed by atoms with van der Waals surface area (Å²) >= 11 is 1.23. The van der Waals surface area contributed by atoms with E-state index < -0.39 is 0 Å². The number of ether oxygens (including phenoxy) is 2. The molecular formula is C7H14O3S. The Hall–Kier alpha value is -0.0600. The Kier molecular flexibility index (Phi) is 9.89. The predicted molar refractivity (Wildman–Crippen MR) is 46.5 cm³/mol. The van der Waals surface area contributed by atoms with E-state index in [1.54, 1.807) is 0 Å². The van der Waals surface area contributed by atoms with Crippen LogP contribution in [0.5, 0.6) is 0 Å². The molecule has 0 N–H and O–H groups in total. The van der Waals surface area contributed by atoms with Crippen LogP contribution in [0.15, 0.2) is 0 Å². The Morgan fingerprint density at radius 2 is 2.00 bits per heavy atom. The molecule has 11 heavy (non-hydrogen) atoms. The van der Waals surface area contributed by atoms with Crippen molar-refractivity contribution in [3.8, 4) is 0 Å². The molecule has 0 radical (unpaired) electrons. The van der Waals surface area contributed by atoms with Crippen molar-refractivity contribution in [2.75, 3.05) is 32.2 Å². The van der Waals surface area contributed by atoms with Gasteiger partial charge in [0.05, 0.1) is 19.8 Å². The van der Waals surface area contributed by atoms with Crippen LogP contribution in [-0.2, 0) is 14.3 Å². The molecule has 4 heteroatoms. The average Bonchev–Trinajstić information content (AvgIpc) is 2.03. The SMILES string of the molecule is CCOCCOCCSC=O. The largest absolute Gasteiger partial charge is 0.379 e. The van der Waals surface area contributed by atoms with Crippen LogP contribution in [-0.4, -0.2) is 37.8 Å². The topological polar surface area (TPSA) is 35.5 Å². The van der Waals surface area contributed by atoms with E-state index >= 15 is 0 Å². The van der Waals surface area contributed by atoms with Crippen LogP contribution >= 0.6 is 11.8 Å². The van der Waals surface area contributed by atoms with Gasteiger partial charge < -0.3 is 9.47 Å². The normalized spacial score (nSPS) is 9.91. The summed E-state index contributed by atoms with van der Waals surface area (Å²) in [5, 5.41) is 0. The van der Waals surface area contributed by atoms with Gasteiger partial charge in [-0.15, -0.1) is 0 Å². The standard InChI is InChI=1S/C7H14O3S/c1-2-9-3-4-10-5-6-11-7-8/h7H,2-6H2,1H3. The summed E-state index contributed by atoms with van der Waals surface area (Å²) in [6.07, 6.45) is 0. The zero-order valence-electron chi connectivity index (χ0n) is 6.75. The second-order valence-electron chi connectivity index (χ2n) is 1.78. The second-order valence-corrected chi connectivity index (χ2v) is 2.71. The molecule has 0 aliphatic carbocycles. The van der Waals surface area contributed by atoms with Gasteiger partial charge in [0, 0.05) is 12.4 Å². The summed E-state index contributed by atoms with van der Waals surface area (Å²) in [4.78, 5) is 9.82. The highest BCUT2D eigenvalue weighted by Crippen LogP contribution is 1.91. The maximum absolute atomic E-state index is 9.82. The number of hydrogen-bond acceptors (Lipinski definition) is 4. The molecule has 0 aliphatic rings. The number of carbonyl (C=O) groups is 1. The average molecular weight is 178 g/mol. The van der Waals surface area contributed by atoms with E-state index in [-0.39, 0.29) is 0 Å². The van der Waals surface area contributed by atoms with E-state index in [1.807, 2.05) is 6.92 Å². The summed E-state index contributed by atoms with van der Waals surface area (Å²) in [6.45, 7) is 4.56. The molecule has 0 heterocycles. The number of carbonyl (C=O) groups excluding carboxylic acids is 1. The summed E-state index contributed by atoms with van der Waals surface area (Å²) < 4.78 is 10.2. The molecule has 0 aromatic heterocycles. The van der Waals surface area contributed by atoms with Crippen molar-refractivity contribution in [3.05, 3.63) is 0 Å². The van der Waals surface area contributed by atoms with Crippen molar-refractivity contribution >= 4 is 17.4 Å². The van der Waals surface area contributed by atoms with E-state index in [0.29, 0.717) is 19.8 Å². The minimum atomic E-state index is 0.618. The lowest BCUT2D eigenvalue weighted by Crippen LogP contribution is -2.05. The van der Waals surface area contributed by atoms with Crippen molar-refractivity contribution < 1.29 is 14.3 Å². The zero-order valence-corrected chi connectivity index (χ0v) is 7.56. The van der Waals surface area contributed by atoms with Crippen molar-refractivity contribution in [2.24, 2.45) is 0 Å². The minimum absolute atomic E-state index is 0.618. The fraction of sp³-hybridized carbons (Fsp3) is 0.857. The molecular weight excluding hydrogens is 164 g/mol. The van der Waals surface area contributed by atoms with Crippen molar-refractivity contribution in [3.63, 3.8) is 0 Å². The fourth-order valence-corrected chi connectivity index (χ4v) is 0.830. The fourth-order valence-electron chi connectivity index (χ4n) is 0.519. The van der Waals surface area contributed by atoms with Gasteiger partial charge in [-0.2, -0.15) is 0 Å². The first-order valence-corrected chi connectivity index (χ1v) is 4.67. The summed E-state index contributed by atoms with van der Waals surface area (Å²) in [5.74, 6) is 0.732. The highest BCUT2D eigenvalue weighted by atomic mass is 32.2. The minimum Gasteiger partial charge on any atom is -0.379 e. The van der Waals surface area contributed by atoms with Gasteiger partial charge in [0.25, 0.3) is 0 Å². The van der Waals surface area contributed by atoms with Gasteiger partial charge in [-0.3, -0.25) is 4.79 Å². The van der Waals surface area contributed by atoms with E-state index in [0.717, 1.165) is 18.0 Å². The molecule has 0 saturated carbocycles. The molecule has 0 aliphatic heterocycles. The van der Waals surface area contributed by atoms with Crippen LogP contribution in [0.4, 0.5) is 0 Å². The Balaban J connectivity index is 2.74. The van der Waals surface area contributed by atoms with Gasteiger partial charge in [0.15, 0.2) is 5.62 Å². The van der Waals surface area contributed by atoms with E-state index in [9.17, 15) is 4.79 Å². The zero-order chi connectivity index (χ0) is 8.36. The highest BCUT2D eigenvalue weighted by molar-refractivity contribution is 8.11. The lowest BCUT2D eigenvalue weighted by molar-refractivity contribution is 0.0595. The predicted octanol–water partition coefficient (Wildman–Crippen LogP) is 0.963. The second kappa shape index (κ2) is 9.94. The molecule has 0 rings (SSSR count). The third-order valence-electron chi connectivity index (χ3n) is 0.990. The monoisotopic (exact) mass is 178 g/mol. The first-order valence-electron chi connectivity index (χ1n) is 3.62.